The third-order valence-electron chi connectivity index (χ3n) is 6.79. The second-order valence-electron chi connectivity index (χ2n) is 9.82. The average Bonchev–Trinajstić information content (AvgIpc) is 3.57. The Kier molecular flexibility index (Phi) is 13.6. The Hall–Kier alpha value is -1.14. The van der Waals surface area contributed by atoms with Crippen LogP contribution in [-0.4, -0.2) is 9.85 Å². The van der Waals surface area contributed by atoms with Crippen molar-refractivity contribution >= 4 is 77.2 Å². The summed E-state index contributed by atoms with van der Waals surface area (Å²) in [7, 11) is 0. The molecular formula is C28H36Br2N2O4S3. The van der Waals surface area contributed by atoms with Crippen LogP contribution in [-0.2, 0) is 12.8 Å². The minimum absolute atomic E-state index is 0.381. The van der Waals surface area contributed by atoms with Gasteiger partial charge in [0.2, 0.25) is 0 Å². The summed E-state index contributed by atoms with van der Waals surface area (Å²) >= 11 is 11.2. The fraction of sp³-hybridized carbons (Fsp3) is 0.571. The quantitative estimate of drug-likeness (QED) is 0.0744. The van der Waals surface area contributed by atoms with Crippen molar-refractivity contribution in [2.24, 2.45) is 0 Å². The lowest BCUT2D eigenvalue weighted by Crippen LogP contribution is -1.96. The van der Waals surface area contributed by atoms with E-state index in [1.807, 2.05) is 12.1 Å². The first-order chi connectivity index (χ1) is 18.8. The largest absolute Gasteiger partial charge is 0.366 e. The van der Waals surface area contributed by atoms with Crippen molar-refractivity contribution in [2.45, 2.75) is 104 Å². The van der Waals surface area contributed by atoms with Crippen LogP contribution in [0, 0.1) is 20.2 Å². The highest BCUT2D eigenvalue weighted by Gasteiger charge is 2.40. The molecule has 0 aromatic carbocycles. The molecule has 0 aliphatic heterocycles. The van der Waals surface area contributed by atoms with E-state index in [1.54, 1.807) is 0 Å². The molecule has 0 fully saturated rings. The fourth-order valence-electron chi connectivity index (χ4n) is 4.80. The number of thiophene rings is 3. The third kappa shape index (κ3) is 8.92. The molecule has 0 saturated carbocycles. The first kappa shape index (κ1) is 32.4. The van der Waals surface area contributed by atoms with Crippen molar-refractivity contribution in [1.29, 1.82) is 0 Å². The maximum absolute atomic E-state index is 12.3. The SMILES string of the molecule is CCCCCCCCc1cc(Br)sc1-c1sc(-c2sc(Br)cc2CCCCCCCC)c([N+](=O)[O-])c1[N+](=O)[O-]. The van der Waals surface area contributed by atoms with E-state index in [0.717, 1.165) is 67.0 Å². The normalized spacial score (nSPS) is 11.4. The Labute approximate surface area is 259 Å². The molecule has 0 N–H and O–H groups in total. The molecule has 0 radical (unpaired) electrons. The minimum atomic E-state index is -0.564. The lowest BCUT2D eigenvalue weighted by molar-refractivity contribution is -0.420. The molecule has 39 heavy (non-hydrogen) atoms. The van der Waals surface area contributed by atoms with Gasteiger partial charge in [-0.2, -0.15) is 0 Å². The van der Waals surface area contributed by atoms with Gasteiger partial charge in [-0.25, -0.2) is 0 Å². The molecule has 0 amide bonds. The molecule has 11 heteroatoms. The van der Waals surface area contributed by atoms with Crippen LogP contribution in [0.5, 0.6) is 0 Å². The van der Waals surface area contributed by atoms with Crippen molar-refractivity contribution < 1.29 is 9.85 Å². The van der Waals surface area contributed by atoms with Gasteiger partial charge in [-0.15, -0.1) is 34.0 Å². The van der Waals surface area contributed by atoms with E-state index in [2.05, 4.69) is 45.7 Å². The summed E-state index contributed by atoms with van der Waals surface area (Å²) in [6.45, 7) is 4.39. The van der Waals surface area contributed by atoms with Gasteiger partial charge in [-0.1, -0.05) is 78.1 Å². The van der Waals surface area contributed by atoms with E-state index in [-0.39, 0.29) is 11.4 Å². The number of hydrogen-bond donors (Lipinski definition) is 0. The molecule has 3 heterocycles. The number of rotatable bonds is 18. The first-order valence-corrected chi connectivity index (χ1v) is 17.8. The van der Waals surface area contributed by atoms with Crippen molar-refractivity contribution in [3.05, 3.63) is 51.1 Å². The summed E-state index contributed by atoms with van der Waals surface area (Å²) in [5.41, 5.74) is 1.28. The van der Waals surface area contributed by atoms with Crippen molar-refractivity contribution in [3.63, 3.8) is 0 Å². The predicted molar refractivity (Wildman–Crippen MR) is 174 cm³/mol. The van der Waals surface area contributed by atoms with Gasteiger partial charge in [0.1, 0.15) is 9.75 Å². The highest BCUT2D eigenvalue weighted by molar-refractivity contribution is 9.11. The molecule has 3 aromatic rings. The standard InChI is InChI=1S/C28H36Br2N2O4S3/c1-3-5-7-9-11-13-15-19-17-21(29)37-25(19)27-23(31(33)34)24(32(35)36)28(39-27)26-20(18-22(30)38-26)16-14-12-10-8-6-4-2/h17-18H,3-16H2,1-2H3. The Bertz CT molecular complexity index is 1160. The van der Waals surface area contributed by atoms with E-state index in [1.165, 1.54) is 85.4 Å². The van der Waals surface area contributed by atoms with Crippen molar-refractivity contribution in [3.8, 4) is 19.5 Å². The molecule has 0 saturated heterocycles. The molecule has 214 valence electrons. The van der Waals surface area contributed by atoms with Crippen LogP contribution in [0.2, 0.25) is 0 Å². The Balaban J connectivity index is 1.96. The van der Waals surface area contributed by atoms with Crippen LogP contribution in [0.4, 0.5) is 11.4 Å². The highest BCUT2D eigenvalue weighted by Crippen LogP contribution is 2.56. The Morgan fingerprint density at radius 3 is 1.31 bits per heavy atom. The van der Waals surface area contributed by atoms with E-state index >= 15 is 0 Å². The average molecular weight is 721 g/mol. The smallest absolute Gasteiger partial charge is 0.258 e. The molecule has 0 atom stereocenters. The Morgan fingerprint density at radius 1 is 0.590 bits per heavy atom. The van der Waals surface area contributed by atoms with Gasteiger partial charge in [0.25, 0.3) is 0 Å². The number of halogens is 2. The van der Waals surface area contributed by atoms with E-state index in [0.29, 0.717) is 9.75 Å². The fourth-order valence-corrected chi connectivity index (χ4v) is 9.76. The summed E-state index contributed by atoms with van der Waals surface area (Å²) in [4.78, 5) is 25.9. The maximum Gasteiger partial charge on any atom is 0.366 e. The maximum atomic E-state index is 12.3. The number of unbranched alkanes of at least 4 members (excludes halogenated alkanes) is 10. The van der Waals surface area contributed by atoms with Gasteiger partial charge in [-0.05, 0) is 80.8 Å². The molecule has 3 aromatic heterocycles. The number of hydrogen-bond acceptors (Lipinski definition) is 7. The first-order valence-electron chi connectivity index (χ1n) is 13.8. The minimum Gasteiger partial charge on any atom is -0.258 e. The van der Waals surface area contributed by atoms with Gasteiger partial charge in [-0.3, -0.25) is 20.2 Å². The van der Waals surface area contributed by atoms with Gasteiger partial charge in [0.05, 0.1) is 27.2 Å². The Morgan fingerprint density at radius 2 is 0.949 bits per heavy atom. The van der Waals surface area contributed by atoms with Gasteiger partial charge in [0, 0.05) is 0 Å². The molecule has 6 nitrogen and oxygen atoms in total. The molecule has 0 aliphatic rings. The summed E-state index contributed by atoms with van der Waals surface area (Å²) in [5.74, 6) is 0. The second-order valence-corrected chi connectivity index (χ2v) is 15.7. The number of nitro groups is 2. The molecule has 0 spiro atoms. The summed E-state index contributed by atoms with van der Waals surface area (Å²) in [6, 6.07) is 4.04. The van der Waals surface area contributed by atoms with E-state index in [4.69, 9.17) is 0 Å². The molecule has 0 bridgehead atoms. The van der Waals surface area contributed by atoms with Gasteiger partial charge >= 0.3 is 11.4 Å². The molecule has 3 rings (SSSR count). The van der Waals surface area contributed by atoms with Crippen LogP contribution in [0.1, 0.15) is 102 Å². The molecule has 0 unspecified atom stereocenters. The van der Waals surface area contributed by atoms with Crippen molar-refractivity contribution in [1.82, 2.24) is 0 Å². The highest BCUT2D eigenvalue weighted by atomic mass is 79.9. The van der Waals surface area contributed by atoms with E-state index < -0.39 is 9.85 Å². The lowest BCUT2D eigenvalue weighted by Gasteiger charge is -2.03. The second kappa shape index (κ2) is 16.3. The summed E-state index contributed by atoms with van der Waals surface area (Å²) in [5, 5.41) is 24.7. The van der Waals surface area contributed by atoms with Crippen LogP contribution >= 0.6 is 65.9 Å². The summed E-state index contributed by atoms with van der Waals surface area (Å²) < 4.78 is 1.76. The predicted octanol–water partition coefficient (Wildman–Crippen LogP) is 12.4. The van der Waals surface area contributed by atoms with Crippen LogP contribution in [0.25, 0.3) is 19.5 Å². The topological polar surface area (TPSA) is 86.3 Å². The van der Waals surface area contributed by atoms with Gasteiger partial charge < -0.3 is 0 Å². The lowest BCUT2D eigenvalue weighted by atomic mass is 10.0. The molecule has 0 aliphatic carbocycles. The van der Waals surface area contributed by atoms with Crippen molar-refractivity contribution in [2.75, 3.05) is 0 Å². The number of nitrogens with zero attached hydrogens (tertiary/aromatic N) is 2. The van der Waals surface area contributed by atoms with Gasteiger partial charge in [0.15, 0.2) is 0 Å². The zero-order chi connectivity index (χ0) is 28.4. The monoisotopic (exact) mass is 718 g/mol. The zero-order valence-corrected chi connectivity index (χ0v) is 28.2. The van der Waals surface area contributed by atoms with Crippen LogP contribution < -0.4 is 0 Å². The zero-order valence-electron chi connectivity index (χ0n) is 22.6. The third-order valence-corrected chi connectivity index (χ3v) is 11.7. The summed E-state index contributed by atoms with van der Waals surface area (Å²) in [6.07, 6.45) is 15.5. The molecular weight excluding hydrogens is 684 g/mol. The van der Waals surface area contributed by atoms with Crippen LogP contribution in [0.3, 0.4) is 0 Å². The van der Waals surface area contributed by atoms with E-state index in [9.17, 15) is 20.2 Å². The van der Waals surface area contributed by atoms with Crippen LogP contribution in [0.15, 0.2) is 19.7 Å². The number of aryl methyl sites for hydroxylation is 2.